The second kappa shape index (κ2) is 6.83. The first-order chi connectivity index (χ1) is 8.54. The summed E-state index contributed by atoms with van der Waals surface area (Å²) in [4.78, 5) is 13.6. The molecule has 1 amide bonds. The van der Waals surface area contributed by atoms with Crippen LogP contribution in [0.5, 0.6) is 5.75 Å². The Balaban J connectivity index is 3.06. The molecule has 1 aromatic rings. The maximum absolute atomic E-state index is 12.1. The number of carbonyl (C=O) groups is 1. The third-order valence-corrected chi connectivity index (χ3v) is 3.05. The van der Waals surface area contributed by atoms with Crippen molar-refractivity contribution in [3.05, 3.63) is 27.7 Å². The van der Waals surface area contributed by atoms with Crippen LogP contribution in [0.15, 0.2) is 12.1 Å². The molecule has 0 fully saturated rings. The average Bonchev–Trinajstić information content (AvgIpc) is 2.34. The summed E-state index contributed by atoms with van der Waals surface area (Å²) in [6.07, 6.45) is 0. The highest BCUT2D eigenvalue weighted by atomic mass is 35.5. The molecule has 0 saturated heterocycles. The SMILES string of the molecule is CCN(CCO)C(=O)c1cc(Cl)c(OC)c(Cl)c1. The van der Waals surface area contributed by atoms with Crippen molar-refractivity contribution in [1.82, 2.24) is 4.90 Å². The van der Waals surface area contributed by atoms with Gasteiger partial charge in [0, 0.05) is 18.7 Å². The molecule has 100 valence electrons. The summed E-state index contributed by atoms with van der Waals surface area (Å²) in [6, 6.07) is 3.02. The van der Waals surface area contributed by atoms with Crippen molar-refractivity contribution in [1.29, 1.82) is 0 Å². The van der Waals surface area contributed by atoms with Crippen LogP contribution in [0, 0.1) is 0 Å². The van der Waals surface area contributed by atoms with Crippen LogP contribution in [-0.2, 0) is 0 Å². The lowest BCUT2D eigenvalue weighted by molar-refractivity contribution is 0.0732. The predicted molar refractivity (Wildman–Crippen MR) is 71.7 cm³/mol. The number of halogens is 2. The second-order valence-corrected chi connectivity index (χ2v) is 4.40. The smallest absolute Gasteiger partial charge is 0.254 e. The first-order valence-electron chi connectivity index (χ1n) is 5.48. The molecule has 0 atom stereocenters. The summed E-state index contributed by atoms with van der Waals surface area (Å²) in [5.41, 5.74) is 0.376. The highest BCUT2D eigenvalue weighted by Gasteiger charge is 2.17. The number of benzene rings is 1. The number of carbonyl (C=O) groups excluding carboxylic acids is 1. The van der Waals surface area contributed by atoms with Gasteiger partial charge < -0.3 is 14.7 Å². The third kappa shape index (κ3) is 3.28. The molecule has 0 radical (unpaired) electrons. The molecule has 4 nitrogen and oxygen atoms in total. The number of likely N-dealkylation sites (N-methyl/N-ethyl adjacent to an activating group) is 1. The van der Waals surface area contributed by atoms with E-state index >= 15 is 0 Å². The van der Waals surface area contributed by atoms with Crippen LogP contribution in [0.25, 0.3) is 0 Å². The number of ether oxygens (including phenoxy) is 1. The second-order valence-electron chi connectivity index (χ2n) is 3.58. The number of hydrogen-bond acceptors (Lipinski definition) is 3. The molecule has 0 bridgehead atoms. The van der Waals surface area contributed by atoms with E-state index in [1.807, 2.05) is 6.92 Å². The van der Waals surface area contributed by atoms with E-state index in [0.717, 1.165) is 0 Å². The number of nitrogens with zero attached hydrogens (tertiary/aromatic N) is 1. The Morgan fingerprint density at radius 3 is 2.33 bits per heavy atom. The van der Waals surface area contributed by atoms with E-state index in [1.54, 1.807) is 0 Å². The van der Waals surface area contributed by atoms with E-state index < -0.39 is 0 Å². The topological polar surface area (TPSA) is 49.8 Å². The van der Waals surface area contributed by atoms with Crippen LogP contribution >= 0.6 is 23.2 Å². The zero-order chi connectivity index (χ0) is 13.7. The van der Waals surface area contributed by atoms with Crippen molar-refractivity contribution in [2.75, 3.05) is 26.8 Å². The normalized spacial score (nSPS) is 10.3. The first kappa shape index (κ1) is 15.1. The fourth-order valence-electron chi connectivity index (χ4n) is 1.58. The van der Waals surface area contributed by atoms with Crippen molar-refractivity contribution in [2.45, 2.75) is 6.92 Å². The van der Waals surface area contributed by atoms with Crippen LogP contribution in [0.1, 0.15) is 17.3 Å². The fourth-order valence-corrected chi connectivity index (χ4v) is 2.23. The Morgan fingerprint density at radius 2 is 1.94 bits per heavy atom. The Kier molecular flexibility index (Phi) is 5.72. The van der Waals surface area contributed by atoms with E-state index in [1.165, 1.54) is 24.1 Å². The Hall–Kier alpha value is -0.970. The van der Waals surface area contributed by atoms with E-state index in [0.29, 0.717) is 17.9 Å². The van der Waals surface area contributed by atoms with E-state index in [2.05, 4.69) is 0 Å². The number of rotatable bonds is 5. The molecule has 0 heterocycles. The van der Waals surface area contributed by atoms with E-state index in [9.17, 15) is 4.79 Å². The molecule has 0 unspecified atom stereocenters. The van der Waals surface area contributed by atoms with Gasteiger partial charge in [-0.1, -0.05) is 23.2 Å². The van der Waals surface area contributed by atoms with Crippen LogP contribution in [-0.4, -0.2) is 42.7 Å². The maximum Gasteiger partial charge on any atom is 0.254 e. The average molecular weight is 292 g/mol. The van der Waals surface area contributed by atoms with Gasteiger partial charge in [0.05, 0.1) is 23.8 Å². The van der Waals surface area contributed by atoms with Crippen molar-refractivity contribution < 1.29 is 14.6 Å². The highest BCUT2D eigenvalue weighted by molar-refractivity contribution is 6.37. The standard InChI is InChI=1S/C12H15Cl2NO3/c1-3-15(4-5-16)12(17)8-6-9(13)11(18-2)10(14)7-8/h6-7,16H,3-5H2,1-2H3. The summed E-state index contributed by atoms with van der Waals surface area (Å²) in [6.45, 7) is 2.52. The minimum Gasteiger partial charge on any atom is -0.494 e. The van der Waals surface area contributed by atoms with Gasteiger partial charge in [-0.2, -0.15) is 0 Å². The quantitative estimate of drug-likeness (QED) is 0.907. The summed E-state index contributed by atoms with van der Waals surface area (Å²) in [7, 11) is 1.46. The number of amides is 1. The molecule has 1 aromatic carbocycles. The van der Waals surface area contributed by atoms with Gasteiger partial charge in [0.2, 0.25) is 0 Å². The number of aliphatic hydroxyl groups is 1. The molecule has 18 heavy (non-hydrogen) atoms. The lowest BCUT2D eigenvalue weighted by atomic mass is 10.2. The van der Waals surface area contributed by atoms with Gasteiger partial charge in [-0.3, -0.25) is 4.79 Å². The number of hydrogen-bond donors (Lipinski definition) is 1. The zero-order valence-corrected chi connectivity index (χ0v) is 11.8. The largest absolute Gasteiger partial charge is 0.494 e. The predicted octanol–water partition coefficient (Wildman–Crippen LogP) is 2.46. The van der Waals surface area contributed by atoms with Crippen molar-refractivity contribution in [2.24, 2.45) is 0 Å². The van der Waals surface area contributed by atoms with Crippen LogP contribution in [0.2, 0.25) is 10.0 Å². The maximum atomic E-state index is 12.1. The zero-order valence-electron chi connectivity index (χ0n) is 10.2. The van der Waals surface area contributed by atoms with E-state index in [-0.39, 0.29) is 29.1 Å². The van der Waals surface area contributed by atoms with Gasteiger partial charge in [0.25, 0.3) is 5.91 Å². The fraction of sp³-hybridized carbons (Fsp3) is 0.417. The molecule has 6 heteroatoms. The summed E-state index contributed by atoms with van der Waals surface area (Å²) in [5.74, 6) is 0.123. The van der Waals surface area contributed by atoms with Gasteiger partial charge in [0.1, 0.15) is 0 Å². The van der Waals surface area contributed by atoms with Crippen molar-refractivity contribution in [3.63, 3.8) is 0 Å². The molecule has 1 N–H and O–H groups in total. The monoisotopic (exact) mass is 291 g/mol. The summed E-state index contributed by atoms with van der Waals surface area (Å²) < 4.78 is 5.02. The molecule has 0 spiro atoms. The Bertz CT molecular complexity index is 414. The molecule has 0 aliphatic carbocycles. The van der Waals surface area contributed by atoms with Gasteiger partial charge in [0.15, 0.2) is 5.75 Å². The van der Waals surface area contributed by atoms with Crippen molar-refractivity contribution in [3.8, 4) is 5.75 Å². The minimum absolute atomic E-state index is 0.0861. The van der Waals surface area contributed by atoms with Gasteiger partial charge in [-0.25, -0.2) is 0 Å². The molecular weight excluding hydrogens is 277 g/mol. The summed E-state index contributed by atoms with van der Waals surface area (Å²) >= 11 is 11.9. The lowest BCUT2D eigenvalue weighted by Crippen LogP contribution is -2.33. The van der Waals surface area contributed by atoms with Gasteiger partial charge in [-0.15, -0.1) is 0 Å². The number of methoxy groups -OCH3 is 1. The van der Waals surface area contributed by atoms with Crippen molar-refractivity contribution >= 4 is 29.1 Å². The minimum atomic E-state index is -0.224. The van der Waals surface area contributed by atoms with E-state index in [4.69, 9.17) is 33.0 Å². The highest BCUT2D eigenvalue weighted by Crippen LogP contribution is 2.34. The third-order valence-electron chi connectivity index (χ3n) is 2.49. The molecular formula is C12H15Cl2NO3. The first-order valence-corrected chi connectivity index (χ1v) is 6.23. The molecule has 0 saturated carbocycles. The summed E-state index contributed by atoms with van der Waals surface area (Å²) in [5, 5.41) is 9.46. The number of aliphatic hydroxyl groups excluding tert-OH is 1. The Morgan fingerprint density at radius 1 is 1.39 bits per heavy atom. The van der Waals surface area contributed by atoms with Gasteiger partial charge >= 0.3 is 0 Å². The molecule has 0 aromatic heterocycles. The van der Waals surface area contributed by atoms with Crippen LogP contribution < -0.4 is 4.74 Å². The Labute approximate surface area is 116 Å². The molecule has 0 aliphatic heterocycles. The van der Waals surface area contributed by atoms with Gasteiger partial charge in [-0.05, 0) is 19.1 Å². The van der Waals surface area contributed by atoms with Crippen LogP contribution in [0.3, 0.4) is 0 Å². The lowest BCUT2D eigenvalue weighted by Gasteiger charge is -2.20. The molecule has 1 rings (SSSR count). The van der Waals surface area contributed by atoms with Crippen LogP contribution in [0.4, 0.5) is 0 Å². The molecule has 0 aliphatic rings.